The maximum Gasteiger partial charge on any atom is 0.257 e. The molecule has 0 fully saturated rings. The number of rotatable bonds is 3. The van der Waals surface area contributed by atoms with Crippen LogP contribution in [-0.2, 0) is 0 Å². The molecule has 120 valence electrons. The number of halogens is 1. The Morgan fingerprint density at radius 2 is 1.96 bits per heavy atom. The maximum atomic E-state index is 13.8. The largest absolute Gasteiger partial charge is 0.454 e. The van der Waals surface area contributed by atoms with Crippen LogP contribution in [0, 0.1) is 5.82 Å². The summed E-state index contributed by atoms with van der Waals surface area (Å²) in [5.41, 5.74) is 0.750. The normalized spacial score (nSPS) is 12.2. The number of benzene rings is 2. The van der Waals surface area contributed by atoms with Crippen LogP contribution in [0.2, 0.25) is 0 Å². The van der Waals surface area contributed by atoms with Gasteiger partial charge in [0.1, 0.15) is 5.82 Å². The molecule has 2 heterocycles. The average Bonchev–Trinajstić information content (AvgIpc) is 3.23. The molecular weight excluding hydrogens is 333 g/mol. The zero-order valence-corrected chi connectivity index (χ0v) is 13.0. The highest BCUT2D eigenvalue weighted by atomic mass is 32.1. The number of anilines is 1. The van der Waals surface area contributed by atoms with E-state index in [1.165, 1.54) is 6.07 Å². The molecule has 0 saturated heterocycles. The van der Waals surface area contributed by atoms with Crippen molar-refractivity contribution in [2.45, 2.75) is 0 Å². The number of fused-ring (bicyclic) bond motifs is 1. The van der Waals surface area contributed by atoms with Crippen molar-refractivity contribution in [3.05, 3.63) is 53.8 Å². The molecule has 1 aliphatic heterocycles. The van der Waals surface area contributed by atoms with Crippen LogP contribution < -0.4 is 14.8 Å². The summed E-state index contributed by atoms with van der Waals surface area (Å²) in [6.07, 6.45) is 0. The summed E-state index contributed by atoms with van der Waals surface area (Å²) in [5, 5.41) is 11.1. The van der Waals surface area contributed by atoms with E-state index in [2.05, 4.69) is 15.5 Å². The monoisotopic (exact) mass is 343 g/mol. The Hall–Kier alpha value is -3.00. The van der Waals surface area contributed by atoms with Crippen LogP contribution in [0.5, 0.6) is 11.5 Å². The van der Waals surface area contributed by atoms with Gasteiger partial charge in [-0.3, -0.25) is 10.1 Å². The van der Waals surface area contributed by atoms with Gasteiger partial charge in [0.25, 0.3) is 5.91 Å². The van der Waals surface area contributed by atoms with Crippen molar-refractivity contribution in [1.29, 1.82) is 0 Å². The zero-order chi connectivity index (χ0) is 16.5. The number of carbonyl (C=O) groups excluding carboxylic acids is 1. The van der Waals surface area contributed by atoms with Gasteiger partial charge in [0.15, 0.2) is 16.5 Å². The summed E-state index contributed by atoms with van der Waals surface area (Å²) in [5.74, 6) is 0.378. The van der Waals surface area contributed by atoms with E-state index in [0.717, 1.165) is 11.3 Å². The predicted octanol–water partition coefficient (Wildman–Crippen LogP) is 3.33. The van der Waals surface area contributed by atoms with Crippen LogP contribution in [0.25, 0.3) is 10.6 Å². The summed E-state index contributed by atoms with van der Waals surface area (Å²) in [4.78, 5) is 12.3. The van der Waals surface area contributed by atoms with Crippen LogP contribution >= 0.6 is 11.3 Å². The van der Waals surface area contributed by atoms with Gasteiger partial charge in [-0.25, -0.2) is 4.39 Å². The van der Waals surface area contributed by atoms with Gasteiger partial charge in [0.05, 0.1) is 0 Å². The van der Waals surface area contributed by atoms with E-state index >= 15 is 0 Å². The molecule has 24 heavy (non-hydrogen) atoms. The highest BCUT2D eigenvalue weighted by molar-refractivity contribution is 7.18. The van der Waals surface area contributed by atoms with E-state index in [0.29, 0.717) is 27.6 Å². The molecule has 0 spiro atoms. The van der Waals surface area contributed by atoms with Gasteiger partial charge < -0.3 is 9.47 Å². The number of amides is 1. The second-order valence-electron chi connectivity index (χ2n) is 4.91. The number of aromatic nitrogens is 2. The van der Waals surface area contributed by atoms with Crippen molar-refractivity contribution in [2.75, 3.05) is 12.1 Å². The third-order valence-electron chi connectivity index (χ3n) is 3.38. The molecule has 2 aromatic carbocycles. The molecule has 8 heteroatoms. The number of carbonyl (C=O) groups is 1. The highest BCUT2D eigenvalue weighted by Crippen LogP contribution is 2.33. The summed E-state index contributed by atoms with van der Waals surface area (Å²) < 4.78 is 24.2. The topological polar surface area (TPSA) is 73.3 Å². The molecule has 0 aliphatic carbocycles. The van der Waals surface area contributed by atoms with E-state index in [-0.39, 0.29) is 23.6 Å². The lowest BCUT2D eigenvalue weighted by Gasteiger charge is -2.02. The van der Waals surface area contributed by atoms with Gasteiger partial charge in [-0.2, -0.15) is 0 Å². The molecule has 6 nitrogen and oxygen atoms in total. The number of hydrogen-bond acceptors (Lipinski definition) is 6. The van der Waals surface area contributed by atoms with E-state index in [1.807, 2.05) is 0 Å². The Bertz CT molecular complexity index is 928. The van der Waals surface area contributed by atoms with E-state index in [1.54, 1.807) is 36.4 Å². The third kappa shape index (κ3) is 2.67. The number of nitrogens with one attached hydrogen (secondary N) is 1. The molecule has 0 saturated carbocycles. The molecule has 1 amide bonds. The lowest BCUT2D eigenvalue weighted by atomic mass is 10.2. The van der Waals surface area contributed by atoms with Crippen LogP contribution in [0.3, 0.4) is 0 Å². The van der Waals surface area contributed by atoms with E-state index in [9.17, 15) is 9.18 Å². The molecule has 1 aliphatic rings. The van der Waals surface area contributed by atoms with Gasteiger partial charge in [0.2, 0.25) is 11.9 Å². The smallest absolute Gasteiger partial charge is 0.257 e. The second-order valence-corrected chi connectivity index (χ2v) is 5.89. The first-order valence-corrected chi connectivity index (χ1v) is 7.82. The summed E-state index contributed by atoms with van der Waals surface area (Å²) >= 11 is 1.10. The number of ether oxygens (including phenoxy) is 2. The van der Waals surface area contributed by atoms with Crippen LogP contribution in [0.4, 0.5) is 9.52 Å². The van der Waals surface area contributed by atoms with Crippen LogP contribution in [-0.4, -0.2) is 22.9 Å². The minimum Gasteiger partial charge on any atom is -0.454 e. The average molecular weight is 343 g/mol. The Morgan fingerprint density at radius 3 is 2.83 bits per heavy atom. The summed E-state index contributed by atoms with van der Waals surface area (Å²) in [6.45, 7) is 0.142. The first-order valence-electron chi connectivity index (χ1n) is 7.00. The van der Waals surface area contributed by atoms with Gasteiger partial charge in [-0.05, 0) is 30.3 Å². The Labute approximate surface area is 139 Å². The Morgan fingerprint density at radius 1 is 1.12 bits per heavy atom. The van der Waals surface area contributed by atoms with E-state index < -0.39 is 0 Å². The summed E-state index contributed by atoms with van der Waals surface area (Å²) in [7, 11) is 0. The second kappa shape index (κ2) is 5.89. The minimum atomic E-state index is -0.387. The fourth-order valence-electron chi connectivity index (χ4n) is 2.22. The van der Waals surface area contributed by atoms with Gasteiger partial charge >= 0.3 is 0 Å². The highest BCUT2D eigenvalue weighted by Gasteiger charge is 2.18. The lowest BCUT2D eigenvalue weighted by molar-refractivity contribution is 0.102. The predicted molar refractivity (Wildman–Crippen MR) is 85.8 cm³/mol. The van der Waals surface area contributed by atoms with Gasteiger partial charge in [0, 0.05) is 11.1 Å². The standard InChI is InChI=1S/C16H10FN3O3S/c17-11-4-2-1-3-10(11)15-19-20-16(24-15)18-14(21)9-5-6-12-13(7-9)23-8-22-12/h1-7H,8H2,(H,18,20,21). The molecule has 4 rings (SSSR count). The number of hydrogen-bond donors (Lipinski definition) is 1. The maximum absolute atomic E-state index is 13.8. The lowest BCUT2D eigenvalue weighted by Crippen LogP contribution is -2.11. The molecule has 0 atom stereocenters. The van der Waals surface area contributed by atoms with Crippen molar-refractivity contribution in [3.8, 4) is 22.1 Å². The van der Waals surface area contributed by atoms with Gasteiger partial charge in [-0.1, -0.05) is 23.5 Å². The van der Waals surface area contributed by atoms with Crippen molar-refractivity contribution >= 4 is 22.4 Å². The van der Waals surface area contributed by atoms with Crippen molar-refractivity contribution in [2.24, 2.45) is 0 Å². The Balaban J connectivity index is 1.54. The first kappa shape index (κ1) is 14.6. The van der Waals surface area contributed by atoms with Crippen LogP contribution in [0.15, 0.2) is 42.5 Å². The van der Waals surface area contributed by atoms with Gasteiger partial charge in [-0.15, -0.1) is 10.2 Å². The first-order chi connectivity index (χ1) is 11.7. The number of nitrogens with zero attached hydrogens (tertiary/aromatic N) is 2. The fraction of sp³-hybridized carbons (Fsp3) is 0.0625. The summed E-state index contributed by atoms with van der Waals surface area (Å²) in [6, 6.07) is 11.2. The fourth-order valence-corrected chi connectivity index (χ4v) is 2.99. The zero-order valence-electron chi connectivity index (χ0n) is 12.2. The quantitative estimate of drug-likeness (QED) is 0.790. The van der Waals surface area contributed by atoms with Crippen LogP contribution in [0.1, 0.15) is 10.4 Å². The SMILES string of the molecule is O=C(Nc1nnc(-c2ccccc2F)s1)c1ccc2c(c1)OCO2. The molecule has 1 aromatic heterocycles. The molecule has 0 unspecified atom stereocenters. The van der Waals surface area contributed by atoms with E-state index in [4.69, 9.17) is 9.47 Å². The minimum absolute atomic E-state index is 0.142. The van der Waals surface area contributed by atoms with Crippen molar-refractivity contribution in [3.63, 3.8) is 0 Å². The van der Waals surface area contributed by atoms with Crippen molar-refractivity contribution < 1.29 is 18.7 Å². The molecule has 0 radical (unpaired) electrons. The molecular formula is C16H10FN3O3S. The molecule has 1 N–H and O–H groups in total. The van der Waals surface area contributed by atoms with Crippen molar-refractivity contribution in [1.82, 2.24) is 10.2 Å². The Kier molecular flexibility index (Phi) is 3.58. The molecule has 3 aromatic rings. The third-order valence-corrected chi connectivity index (χ3v) is 4.26. The molecule has 0 bridgehead atoms.